The fraction of sp³-hybridized carbons (Fsp3) is 0.750. The molecular formula is C8H15NO4. The van der Waals surface area contributed by atoms with Crippen LogP contribution in [0.15, 0.2) is 0 Å². The summed E-state index contributed by atoms with van der Waals surface area (Å²) in [6.45, 7) is 1.69. The SMILES string of the molecule is COC(=O)CC(C)[C@H](N)C(=O)OC. The molecule has 0 bridgehead atoms. The van der Waals surface area contributed by atoms with Crippen LogP contribution in [-0.2, 0) is 19.1 Å². The number of carbonyl (C=O) groups is 2. The van der Waals surface area contributed by atoms with Gasteiger partial charge in [-0.15, -0.1) is 0 Å². The summed E-state index contributed by atoms with van der Waals surface area (Å²) in [7, 11) is 2.55. The Bertz CT molecular complexity index is 193. The second-order valence-electron chi connectivity index (χ2n) is 2.81. The molecule has 0 aromatic carbocycles. The molecular weight excluding hydrogens is 174 g/mol. The Kier molecular flexibility index (Phi) is 5.06. The Morgan fingerprint density at radius 2 is 1.85 bits per heavy atom. The Hall–Kier alpha value is -1.10. The zero-order valence-corrected chi connectivity index (χ0v) is 8.07. The lowest BCUT2D eigenvalue weighted by atomic mass is 9.99. The molecule has 13 heavy (non-hydrogen) atoms. The van der Waals surface area contributed by atoms with Gasteiger partial charge >= 0.3 is 11.9 Å². The Labute approximate surface area is 77.2 Å². The average molecular weight is 189 g/mol. The molecule has 0 aromatic heterocycles. The van der Waals surface area contributed by atoms with Crippen LogP contribution in [0.4, 0.5) is 0 Å². The molecule has 5 heteroatoms. The van der Waals surface area contributed by atoms with Crippen LogP contribution in [0.25, 0.3) is 0 Å². The van der Waals surface area contributed by atoms with Crippen molar-refractivity contribution in [2.75, 3.05) is 14.2 Å². The van der Waals surface area contributed by atoms with Crippen LogP contribution in [0.2, 0.25) is 0 Å². The normalized spacial score (nSPS) is 14.5. The molecule has 0 aliphatic carbocycles. The van der Waals surface area contributed by atoms with Crippen LogP contribution in [0, 0.1) is 5.92 Å². The third-order valence-corrected chi connectivity index (χ3v) is 1.80. The van der Waals surface area contributed by atoms with Gasteiger partial charge in [-0.2, -0.15) is 0 Å². The number of methoxy groups -OCH3 is 2. The molecule has 0 aliphatic rings. The van der Waals surface area contributed by atoms with Crippen molar-refractivity contribution >= 4 is 11.9 Å². The molecule has 0 aromatic rings. The molecule has 76 valence electrons. The molecule has 0 fully saturated rings. The maximum absolute atomic E-state index is 10.9. The topological polar surface area (TPSA) is 78.6 Å². The number of ether oxygens (including phenoxy) is 2. The van der Waals surface area contributed by atoms with Crippen LogP contribution < -0.4 is 5.73 Å². The van der Waals surface area contributed by atoms with Gasteiger partial charge in [-0.3, -0.25) is 9.59 Å². The predicted octanol–water partition coefficient (Wildman–Crippen LogP) is -0.314. The van der Waals surface area contributed by atoms with Crippen LogP contribution in [-0.4, -0.2) is 32.2 Å². The maximum Gasteiger partial charge on any atom is 0.322 e. The Morgan fingerprint density at radius 3 is 2.23 bits per heavy atom. The van der Waals surface area contributed by atoms with Gasteiger partial charge in [0.25, 0.3) is 0 Å². The number of hydrogen-bond donors (Lipinski definition) is 1. The largest absolute Gasteiger partial charge is 0.469 e. The van der Waals surface area contributed by atoms with E-state index < -0.39 is 12.0 Å². The smallest absolute Gasteiger partial charge is 0.322 e. The number of carbonyl (C=O) groups excluding carboxylic acids is 2. The molecule has 1 unspecified atom stereocenters. The van der Waals surface area contributed by atoms with E-state index in [1.807, 2.05) is 0 Å². The summed E-state index contributed by atoms with van der Waals surface area (Å²) in [6.07, 6.45) is 0.118. The predicted molar refractivity (Wildman–Crippen MR) is 45.8 cm³/mol. The van der Waals surface area contributed by atoms with Crippen LogP contribution in [0.5, 0.6) is 0 Å². The van der Waals surface area contributed by atoms with Crippen LogP contribution in [0.3, 0.4) is 0 Å². The summed E-state index contributed by atoms with van der Waals surface area (Å²) in [4.78, 5) is 21.7. The van der Waals surface area contributed by atoms with Crippen molar-refractivity contribution in [2.45, 2.75) is 19.4 Å². The molecule has 2 N–H and O–H groups in total. The van der Waals surface area contributed by atoms with Crippen molar-refractivity contribution in [3.05, 3.63) is 0 Å². The van der Waals surface area contributed by atoms with Crippen LogP contribution >= 0.6 is 0 Å². The molecule has 0 amide bonds. The van der Waals surface area contributed by atoms with E-state index in [1.54, 1.807) is 6.92 Å². The van der Waals surface area contributed by atoms with E-state index in [0.717, 1.165) is 0 Å². The first-order valence-electron chi connectivity index (χ1n) is 3.93. The van der Waals surface area contributed by atoms with Crippen molar-refractivity contribution in [3.8, 4) is 0 Å². The van der Waals surface area contributed by atoms with Gasteiger partial charge in [-0.1, -0.05) is 6.92 Å². The molecule has 0 heterocycles. The number of hydrogen-bond acceptors (Lipinski definition) is 5. The van der Waals surface area contributed by atoms with Gasteiger partial charge in [0.1, 0.15) is 6.04 Å². The van der Waals surface area contributed by atoms with E-state index in [-0.39, 0.29) is 18.3 Å². The zero-order chi connectivity index (χ0) is 10.4. The van der Waals surface area contributed by atoms with Crippen molar-refractivity contribution in [2.24, 2.45) is 11.7 Å². The molecule has 2 atom stereocenters. The molecule has 0 rings (SSSR count). The van der Waals surface area contributed by atoms with Gasteiger partial charge in [0, 0.05) is 0 Å². The van der Waals surface area contributed by atoms with Crippen molar-refractivity contribution in [1.82, 2.24) is 0 Å². The quantitative estimate of drug-likeness (QED) is 0.613. The molecule has 0 saturated carbocycles. The fourth-order valence-electron chi connectivity index (χ4n) is 0.842. The fourth-order valence-corrected chi connectivity index (χ4v) is 0.842. The van der Waals surface area contributed by atoms with E-state index in [0.29, 0.717) is 0 Å². The molecule has 0 spiro atoms. The van der Waals surface area contributed by atoms with E-state index in [4.69, 9.17) is 5.73 Å². The minimum absolute atomic E-state index is 0.118. The first-order chi connectivity index (χ1) is 6.02. The lowest BCUT2D eigenvalue weighted by Gasteiger charge is -2.15. The van der Waals surface area contributed by atoms with Gasteiger partial charge in [-0.05, 0) is 5.92 Å². The minimum Gasteiger partial charge on any atom is -0.469 e. The monoisotopic (exact) mass is 189 g/mol. The van der Waals surface area contributed by atoms with E-state index in [2.05, 4.69) is 9.47 Å². The van der Waals surface area contributed by atoms with Crippen molar-refractivity contribution in [1.29, 1.82) is 0 Å². The first-order valence-corrected chi connectivity index (χ1v) is 3.93. The minimum atomic E-state index is -0.774. The highest BCUT2D eigenvalue weighted by atomic mass is 16.5. The highest BCUT2D eigenvalue weighted by Gasteiger charge is 2.23. The summed E-state index contributed by atoms with van der Waals surface area (Å²) >= 11 is 0. The third-order valence-electron chi connectivity index (χ3n) is 1.80. The van der Waals surface area contributed by atoms with Crippen molar-refractivity contribution in [3.63, 3.8) is 0 Å². The number of rotatable bonds is 4. The third kappa shape index (κ3) is 3.89. The summed E-state index contributed by atoms with van der Waals surface area (Å²) < 4.78 is 8.87. The van der Waals surface area contributed by atoms with Gasteiger partial charge in [0.2, 0.25) is 0 Å². The molecule has 5 nitrogen and oxygen atoms in total. The number of nitrogens with two attached hydrogens (primary N) is 1. The van der Waals surface area contributed by atoms with E-state index in [9.17, 15) is 9.59 Å². The Morgan fingerprint density at radius 1 is 1.31 bits per heavy atom. The number of esters is 2. The first kappa shape index (κ1) is 11.9. The van der Waals surface area contributed by atoms with E-state index in [1.165, 1.54) is 14.2 Å². The van der Waals surface area contributed by atoms with Gasteiger partial charge in [0.15, 0.2) is 0 Å². The van der Waals surface area contributed by atoms with Gasteiger partial charge < -0.3 is 15.2 Å². The van der Waals surface area contributed by atoms with Crippen molar-refractivity contribution < 1.29 is 19.1 Å². The van der Waals surface area contributed by atoms with Gasteiger partial charge in [-0.25, -0.2) is 0 Å². The summed E-state index contributed by atoms with van der Waals surface area (Å²) in [6, 6.07) is -0.774. The average Bonchev–Trinajstić information content (AvgIpc) is 2.14. The highest BCUT2D eigenvalue weighted by molar-refractivity contribution is 5.77. The molecule has 0 radical (unpaired) electrons. The molecule has 0 saturated heterocycles. The zero-order valence-electron chi connectivity index (χ0n) is 8.07. The summed E-state index contributed by atoms with van der Waals surface area (Å²) in [5, 5.41) is 0. The maximum atomic E-state index is 10.9. The van der Waals surface area contributed by atoms with Crippen LogP contribution in [0.1, 0.15) is 13.3 Å². The second-order valence-corrected chi connectivity index (χ2v) is 2.81. The summed E-state index contributed by atoms with van der Waals surface area (Å²) in [5.74, 6) is -1.18. The van der Waals surface area contributed by atoms with Gasteiger partial charge in [0.05, 0.1) is 20.6 Å². The molecule has 0 aliphatic heterocycles. The lowest BCUT2D eigenvalue weighted by molar-refractivity contribution is -0.145. The standard InChI is InChI=1S/C8H15NO4/c1-5(4-6(10)12-2)7(9)8(11)13-3/h5,7H,4,9H2,1-3H3/t5?,7-/m0/s1. The lowest BCUT2D eigenvalue weighted by Crippen LogP contribution is -2.38. The Balaban J connectivity index is 4.02. The second kappa shape index (κ2) is 5.53. The highest BCUT2D eigenvalue weighted by Crippen LogP contribution is 2.08. The summed E-state index contributed by atoms with van der Waals surface area (Å²) in [5.41, 5.74) is 5.49. The van der Waals surface area contributed by atoms with E-state index >= 15 is 0 Å².